The highest BCUT2D eigenvalue weighted by Crippen LogP contribution is 2.50. The van der Waals surface area contributed by atoms with Crippen LogP contribution in [0.25, 0.3) is 17.3 Å². The lowest BCUT2D eigenvalue weighted by Crippen LogP contribution is -2.25. The topological polar surface area (TPSA) is 65.4 Å². The Bertz CT molecular complexity index is 1210. The van der Waals surface area contributed by atoms with Crippen LogP contribution in [0.5, 0.6) is 0 Å². The molecule has 3 aromatic rings. The average Bonchev–Trinajstić information content (AvgIpc) is 3.22. The van der Waals surface area contributed by atoms with Gasteiger partial charge in [-0.3, -0.25) is 10.1 Å². The summed E-state index contributed by atoms with van der Waals surface area (Å²) < 4.78 is 0. The molecule has 2 aromatic carbocycles. The number of aryl methyl sites for hydroxylation is 1. The van der Waals surface area contributed by atoms with Crippen molar-refractivity contribution >= 4 is 34.9 Å². The van der Waals surface area contributed by atoms with Crippen LogP contribution in [-0.2, 0) is 6.42 Å². The van der Waals surface area contributed by atoms with Gasteiger partial charge in [0.05, 0.1) is 16.3 Å². The summed E-state index contributed by atoms with van der Waals surface area (Å²) in [6.45, 7) is 1.85. The van der Waals surface area contributed by atoms with E-state index >= 15 is 0 Å². The predicted octanol–water partition coefficient (Wildman–Crippen LogP) is 6.10. The minimum absolute atomic E-state index is 0.132. The SMILES string of the molecule is CN(C)CCCN1c2ccc(-c3cc4c([nH]3)CCC=C4)cc2Sc2cc([N+](=O)[O-])ccc21. The van der Waals surface area contributed by atoms with Gasteiger partial charge in [0.15, 0.2) is 0 Å². The van der Waals surface area contributed by atoms with Gasteiger partial charge in [-0.15, -0.1) is 0 Å². The van der Waals surface area contributed by atoms with Crippen molar-refractivity contribution in [2.24, 2.45) is 0 Å². The number of rotatable bonds is 6. The highest BCUT2D eigenvalue weighted by atomic mass is 32.2. The van der Waals surface area contributed by atoms with Crippen LogP contribution in [-0.4, -0.2) is 42.0 Å². The van der Waals surface area contributed by atoms with E-state index in [0.717, 1.165) is 64.8 Å². The molecule has 1 aromatic heterocycles. The van der Waals surface area contributed by atoms with Gasteiger partial charge in [0.25, 0.3) is 5.69 Å². The van der Waals surface area contributed by atoms with Gasteiger partial charge in [0.1, 0.15) is 0 Å². The Balaban J connectivity index is 1.53. The molecule has 5 rings (SSSR count). The van der Waals surface area contributed by atoms with Crippen molar-refractivity contribution in [3.8, 4) is 11.3 Å². The van der Waals surface area contributed by atoms with Crippen molar-refractivity contribution in [3.63, 3.8) is 0 Å². The van der Waals surface area contributed by atoms with Gasteiger partial charge in [-0.2, -0.15) is 0 Å². The zero-order valence-electron chi connectivity index (χ0n) is 18.3. The number of fused-ring (bicyclic) bond motifs is 3. The molecule has 1 aliphatic carbocycles. The summed E-state index contributed by atoms with van der Waals surface area (Å²) in [5.74, 6) is 0. The van der Waals surface area contributed by atoms with E-state index in [-0.39, 0.29) is 10.6 Å². The molecule has 0 bridgehead atoms. The highest BCUT2D eigenvalue weighted by Gasteiger charge is 2.26. The molecule has 7 heteroatoms. The second-order valence-corrected chi connectivity index (χ2v) is 9.64. The molecule has 1 N–H and O–H groups in total. The molecule has 0 radical (unpaired) electrons. The van der Waals surface area contributed by atoms with Crippen molar-refractivity contribution < 1.29 is 4.92 Å². The Morgan fingerprint density at radius 2 is 1.91 bits per heavy atom. The summed E-state index contributed by atoms with van der Waals surface area (Å²) in [5.41, 5.74) is 7.15. The minimum atomic E-state index is -0.319. The number of aromatic amines is 1. The number of nitrogens with zero attached hydrogens (tertiary/aromatic N) is 3. The fourth-order valence-corrected chi connectivity index (χ4v) is 5.57. The molecule has 0 saturated heterocycles. The van der Waals surface area contributed by atoms with E-state index in [2.05, 4.69) is 65.3 Å². The molecule has 2 aliphatic rings. The van der Waals surface area contributed by atoms with Gasteiger partial charge in [-0.1, -0.05) is 30.0 Å². The maximum absolute atomic E-state index is 11.4. The van der Waals surface area contributed by atoms with Crippen LogP contribution >= 0.6 is 11.8 Å². The van der Waals surface area contributed by atoms with Crippen molar-refractivity contribution in [3.05, 3.63) is 69.9 Å². The number of nitro groups is 1. The first-order chi connectivity index (χ1) is 15.5. The summed E-state index contributed by atoms with van der Waals surface area (Å²) in [6.07, 6.45) is 7.53. The number of hydrogen-bond donors (Lipinski definition) is 1. The number of aromatic nitrogens is 1. The van der Waals surface area contributed by atoms with E-state index in [1.54, 1.807) is 23.9 Å². The maximum Gasteiger partial charge on any atom is 0.270 e. The van der Waals surface area contributed by atoms with Crippen LogP contribution in [0.15, 0.2) is 58.3 Å². The zero-order valence-corrected chi connectivity index (χ0v) is 19.1. The summed E-state index contributed by atoms with van der Waals surface area (Å²) in [6, 6.07) is 14.0. The van der Waals surface area contributed by atoms with Crippen molar-refractivity contribution in [1.29, 1.82) is 0 Å². The van der Waals surface area contributed by atoms with Crippen LogP contribution in [0.2, 0.25) is 0 Å². The van der Waals surface area contributed by atoms with Crippen molar-refractivity contribution in [2.75, 3.05) is 32.1 Å². The van der Waals surface area contributed by atoms with E-state index in [4.69, 9.17) is 0 Å². The Morgan fingerprint density at radius 3 is 2.66 bits per heavy atom. The first-order valence-electron chi connectivity index (χ1n) is 10.9. The normalized spacial score (nSPS) is 14.3. The third-order valence-corrected chi connectivity index (χ3v) is 7.10. The van der Waals surface area contributed by atoms with E-state index < -0.39 is 0 Å². The summed E-state index contributed by atoms with van der Waals surface area (Å²) >= 11 is 1.62. The number of non-ortho nitro benzene ring substituents is 1. The molecule has 0 unspecified atom stereocenters. The highest BCUT2D eigenvalue weighted by molar-refractivity contribution is 7.99. The molecule has 0 atom stereocenters. The zero-order chi connectivity index (χ0) is 22.2. The maximum atomic E-state index is 11.4. The van der Waals surface area contributed by atoms with Gasteiger partial charge in [-0.05, 0) is 75.3 Å². The first-order valence-corrected chi connectivity index (χ1v) is 11.7. The minimum Gasteiger partial charge on any atom is -0.358 e. The van der Waals surface area contributed by atoms with Gasteiger partial charge < -0.3 is 14.8 Å². The molecule has 6 nitrogen and oxygen atoms in total. The van der Waals surface area contributed by atoms with Crippen LogP contribution in [0.4, 0.5) is 17.1 Å². The molecule has 2 heterocycles. The Morgan fingerprint density at radius 1 is 1.12 bits per heavy atom. The smallest absolute Gasteiger partial charge is 0.270 e. The van der Waals surface area contributed by atoms with Crippen LogP contribution < -0.4 is 4.90 Å². The van der Waals surface area contributed by atoms with Gasteiger partial charge in [0, 0.05) is 39.9 Å². The third kappa shape index (κ3) is 3.94. The van der Waals surface area contributed by atoms with E-state index in [0.29, 0.717) is 0 Å². The number of H-pyrrole nitrogens is 1. The fourth-order valence-electron chi connectivity index (χ4n) is 4.40. The molecule has 0 amide bonds. The van der Waals surface area contributed by atoms with Crippen LogP contribution in [0.3, 0.4) is 0 Å². The molecular formula is C25H26N4O2S. The Kier molecular flexibility index (Phi) is 5.53. The molecule has 0 fully saturated rings. The number of anilines is 2. The largest absolute Gasteiger partial charge is 0.358 e. The predicted molar refractivity (Wildman–Crippen MR) is 131 cm³/mol. The fraction of sp³-hybridized carbons (Fsp3) is 0.280. The molecule has 0 spiro atoms. The summed E-state index contributed by atoms with van der Waals surface area (Å²) in [4.78, 5) is 21.2. The number of nitrogens with one attached hydrogen (secondary N) is 1. The first kappa shape index (κ1) is 20.8. The Hall–Kier alpha value is -3.03. The molecule has 1 aliphatic heterocycles. The number of hydrogen-bond acceptors (Lipinski definition) is 5. The quantitative estimate of drug-likeness (QED) is 0.366. The second kappa shape index (κ2) is 8.48. The molecule has 32 heavy (non-hydrogen) atoms. The number of benzene rings is 2. The lowest BCUT2D eigenvalue weighted by atomic mass is 10.1. The third-order valence-electron chi connectivity index (χ3n) is 6.01. The van der Waals surface area contributed by atoms with Crippen LogP contribution in [0, 0.1) is 10.1 Å². The molecule has 164 valence electrons. The molecule has 0 saturated carbocycles. The Labute approximate surface area is 192 Å². The number of nitro benzene ring substituents is 1. The number of allylic oxidation sites excluding steroid dienone is 1. The molecular weight excluding hydrogens is 420 g/mol. The standard InChI is InChI=1S/C25H26N4O2S/c1-27(2)12-5-13-28-22-10-8-18(21-14-17-6-3-4-7-20(17)26-21)15-24(22)32-25-16-19(29(30)31)9-11-23(25)28/h3,6,8-11,14-16,26H,4-5,7,12-13H2,1-2H3. The summed E-state index contributed by atoms with van der Waals surface area (Å²) in [7, 11) is 4.16. The van der Waals surface area contributed by atoms with E-state index in [9.17, 15) is 10.1 Å². The van der Waals surface area contributed by atoms with Gasteiger partial charge in [0.2, 0.25) is 0 Å². The van der Waals surface area contributed by atoms with Gasteiger partial charge >= 0.3 is 0 Å². The average molecular weight is 447 g/mol. The monoisotopic (exact) mass is 446 g/mol. The van der Waals surface area contributed by atoms with E-state index in [1.807, 2.05) is 6.07 Å². The van der Waals surface area contributed by atoms with Crippen LogP contribution in [0.1, 0.15) is 24.1 Å². The second-order valence-electron chi connectivity index (χ2n) is 8.56. The lowest BCUT2D eigenvalue weighted by Gasteiger charge is -2.33. The van der Waals surface area contributed by atoms with Crippen molar-refractivity contribution in [1.82, 2.24) is 9.88 Å². The van der Waals surface area contributed by atoms with Crippen molar-refractivity contribution in [2.45, 2.75) is 29.1 Å². The van der Waals surface area contributed by atoms with E-state index in [1.165, 1.54) is 11.3 Å². The summed E-state index contributed by atoms with van der Waals surface area (Å²) in [5, 5.41) is 11.4. The van der Waals surface area contributed by atoms with Gasteiger partial charge in [-0.25, -0.2) is 0 Å². The lowest BCUT2D eigenvalue weighted by molar-refractivity contribution is -0.385.